The van der Waals surface area contributed by atoms with Crippen molar-refractivity contribution in [2.45, 2.75) is 26.2 Å². The molecule has 1 nitrogen and oxygen atoms in total. The Kier molecular flexibility index (Phi) is 1.34. The Morgan fingerprint density at radius 2 is 2.10 bits per heavy atom. The van der Waals surface area contributed by atoms with Crippen molar-refractivity contribution in [2.75, 3.05) is 13.1 Å². The first-order chi connectivity index (χ1) is 4.79. The summed E-state index contributed by atoms with van der Waals surface area (Å²) in [6.45, 7) is 4.67. The van der Waals surface area contributed by atoms with E-state index in [1.807, 2.05) is 0 Å². The Labute approximate surface area is 62.5 Å². The predicted octanol–water partition coefficient (Wildman–Crippen LogP) is 1.71. The van der Waals surface area contributed by atoms with Gasteiger partial charge in [-0.25, -0.2) is 0 Å². The highest BCUT2D eigenvalue weighted by molar-refractivity contribution is 5.19. The van der Waals surface area contributed by atoms with E-state index in [1.165, 1.54) is 19.3 Å². The van der Waals surface area contributed by atoms with Crippen molar-refractivity contribution >= 4 is 0 Å². The Bertz CT molecular complexity index is 160. The molecule has 0 aromatic carbocycles. The molecule has 2 fully saturated rings. The maximum Gasteiger partial charge on any atom is 0.0180 e. The van der Waals surface area contributed by atoms with Gasteiger partial charge in [-0.3, -0.25) is 0 Å². The first kappa shape index (κ1) is 6.41. The van der Waals surface area contributed by atoms with Crippen molar-refractivity contribution in [1.82, 2.24) is 5.32 Å². The molecule has 0 bridgehead atoms. The van der Waals surface area contributed by atoms with Gasteiger partial charge in [0.1, 0.15) is 0 Å². The summed E-state index contributed by atoms with van der Waals surface area (Å²) in [5.74, 6) is 0. The van der Waals surface area contributed by atoms with E-state index in [2.05, 4.69) is 18.3 Å². The van der Waals surface area contributed by atoms with E-state index < -0.39 is 0 Å². The molecule has 1 saturated carbocycles. The van der Waals surface area contributed by atoms with E-state index in [9.17, 15) is 0 Å². The molecule has 0 aromatic rings. The topological polar surface area (TPSA) is 12.0 Å². The van der Waals surface area contributed by atoms with Crippen molar-refractivity contribution in [2.24, 2.45) is 5.41 Å². The number of rotatable bonds is 1. The van der Waals surface area contributed by atoms with Crippen LogP contribution in [0.1, 0.15) is 26.2 Å². The van der Waals surface area contributed by atoms with E-state index in [1.54, 1.807) is 5.57 Å². The van der Waals surface area contributed by atoms with Crippen LogP contribution in [0.3, 0.4) is 0 Å². The lowest BCUT2D eigenvalue weighted by Gasteiger charge is -2.37. The lowest BCUT2D eigenvalue weighted by atomic mass is 9.69. The van der Waals surface area contributed by atoms with E-state index in [-0.39, 0.29) is 0 Å². The summed E-state index contributed by atoms with van der Waals surface area (Å²) in [6, 6.07) is 0. The second-order valence-corrected chi connectivity index (χ2v) is 3.91. The van der Waals surface area contributed by atoms with Crippen LogP contribution in [0.4, 0.5) is 0 Å². The number of hydrogen-bond donors (Lipinski definition) is 1. The number of hydrogen-bond acceptors (Lipinski definition) is 1. The van der Waals surface area contributed by atoms with Gasteiger partial charge in [0.25, 0.3) is 0 Å². The van der Waals surface area contributed by atoms with Crippen LogP contribution in [0.25, 0.3) is 0 Å². The van der Waals surface area contributed by atoms with Gasteiger partial charge in [0, 0.05) is 13.1 Å². The van der Waals surface area contributed by atoms with Gasteiger partial charge in [0.05, 0.1) is 0 Å². The van der Waals surface area contributed by atoms with Crippen molar-refractivity contribution in [3.63, 3.8) is 0 Å². The lowest BCUT2D eigenvalue weighted by molar-refractivity contribution is 0.230. The SMILES string of the molecule is CC1(C=C2CNC2)CCC1. The molecule has 1 N–H and O–H groups in total. The molecule has 0 spiro atoms. The third-order valence-electron chi connectivity index (χ3n) is 2.75. The van der Waals surface area contributed by atoms with Gasteiger partial charge >= 0.3 is 0 Å². The molecule has 1 heterocycles. The molecular formula is C9H15N. The molecule has 0 aromatic heterocycles. The third kappa shape index (κ3) is 0.988. The fourth-order valence-corrected chi connectivity index (χ4v) is 1.74. The van der Waals surface area contributed by atoms with Gasteiger partial charge in [-0.1, -0.05) is 19.4 Å². The highest BCUT2D eigenvalue weighted by Crippen LogP contribution is 2.42. The van der Waals surface area contributed by atoms with Crippen molar-refractivity contribution in [1.29, 1.82) is 0 Å². The first-order valence-corrected chi connectivity index (χ1v) is 4.20. The second-order valence-electron chi connectivity index (χ2n) is 3.91. The fraction of sp³-hybridized carbons (Fsp3) is 0.778. The van der Waals surface area contributed by atoms with Crippen molar-refractivity contribution in [3.8, 4) is 0 Å². The summed E-state index contributed by atoms with van der Waals surface area (Å²) in [5, 5.41) is 3.26. The molecule has 0 amide bonds. The van der Waals surface area contributed by atoms with E-state index in [0.717, 1.165) is 13.1 Å². The molecule has 1 aliphatic carbocycles. The lowest BCUT2D eigenvalue weighted by Crippen LogP contribution is -2.36. The smallest absolute Gasteiger partial charge is 0.0180 e. The molecule has 1 heteroatoms. The maximum absolute atomic E-state index is 3.26. The zero-order chi connectivity index (χ0) is 7.03. The van der Waals surface area contributed by atoms with Crippen LogP contribution < -0.4 is 5.32 Å². The normalized spacial score (nSPS) is 28.7. The zero-order valence-electron chi connectivity index (χ0n) is 6.61. The molecule has 1 saturated heterocycles. The van der Waals surface area contributed by atoms with Crippen molar-refractivity contribution in [3.05, 3.63) is 11.6 Å². The fourth-order valence-electron chi connectivity index (χ4n) is 1.74. The van der Waals surface area contributed by atoms with Gasteiger partial charge in [-0.15, -0.1) is 0 Å². The standard InChI is InChI=1S/C9H15N/c1-9(3-2-4-9)5-8-6-10-7-8/h5,10H,2-4,6-7H2,1H3. The molecule has 1 aliphatic heterocycles. The van der Waals surface area contributed by atoms with Crippen LogP contribution in [0.5, 0.6) is 0 Å². The molecule has 0 radical (unpaired) electrons. The highest BCUT2D eigenvalue weighted by atomic mass is 14.9. The van der Waals surface area contributed by atoms with Crippen LogP contribution in [-0.4, -0.2) is 13.1 Å². The number of allylic oxidation sites excluding steroid dienone is 1. The minimum Gasteiger partial charge on any atom is -0.309 e. The summed E-state index contributed by atoms with van der Waals surface area (Å²) in [4.78, 5) is 0. The summed E-state index contributed by atoms with van der Waals surface area (Å²) in [7, 11) is 0. The largest absolute Gasteiger partial charge is 0.309 e. The molecule has 0 atom stereocenters. The van der Waals surface area contributed by atoms with Crippen molar-refractivity contribution < 1.29 is 0 Å². The summed E-state index contributed by atoms with van der Waals surface area (Å²) >= 11 is 0. The molecule has 10 heavy (non-hydrogen) atoms. The van der Waals surface area contributed by atoms with Gasteiger partial charge in [-0.2, -0.15) is 0 Å². The quantitative estimate of drug-likeness (QED) is 0.542. The summed E-state index contributed by atoms with van der Waals surface area (Å²) in [6.07, 6.45) is 6.76. The third-order valence-corrected chi connectivity index (χ3v) is 2.75. The van der Waals surface area contributed by atoms with Gasteiger partial charge in [-0.05, 0) is 23.8 Å². The summed E-state index contributed by atoms with van der Waals surface area (Å²) in [5.41, 5.74) is 2.22. The van der Waals surface area contributed by atoms with Crippen LogP contribution in [0.15, 0.2) is 11.6 Å². The minimum atomic E-state index is 0.595. The van der Waals surface area contributed by atoms with Crippen LogP contribution in [0, 0.1) is 5.41 Å². The predicted molar refractivity (Wildman–Crippen MR) is 42.9 cm³/mol. The minimum absolute atomic E-state index is 0.595. The average molecular weight is 137 g/mol. The highest BCUT2D eigenvalue weighted by Gasteiger charge is 2.30. The average Bonchev–Trinajstić information content (AvgIpc) is 1.74. The monoisotopic (exact) mass is 137 g/mol. The molecular weight excluding hydrogens is 122 g/mol. The maximum atomic E-state index is 3.26. The molecule has 0 unspecified atom stereocenters. The molecule has 2 rings (SSSR count). The summed E-state index contributed by atoms with van der Waals surface area (Å²) < 4.78 is 0. The molecule has 2 aliphatic rings. The number of nitrogens with one attached hydrogen (secondary N) is 1. The van der Waals surface area contributed by atoms with E-state index in [0.29, 0.717) is 5.41 Å². The first-order valence-electron chi connectivity index (χ1n) is 4.20. The van der Waals surface area contributed by atoms with Crippen LogP contribution >= 0.6 is 0 Å². The van der Waals surface area contributed by atoms with E-state index >= 15 is 0 Å². The Balaban J connectivity index is 1.98. The Morgan fingerprint density at radius 1 is 1.40 bits per heavy atom. The Hall–Kier alpha value is -0.300. The van der Waals surface area contributed by atoms with Gasteiger partial charge < -0.3 is 5.32 Å². The Morgan fingerprint density at radius 3 is 2.40 bits per heavy atom. The molecule has 56 valence electrons. The second kappa shape index (κ2) is 2.09. The zero-order valence-corrected chi connectivity index (χ0v) is 6.61. The van der Waals surface area contributed by atoms with Crippen LogP contribution in [-0.2, 0) is 0 Å². The van der Waals surface area contributed by atoms with E-state index in [4.69, 9.17) is 0 Å². The van der Waals surface area contributed by atoms with Gasteiger partial charge in [0.15, 0.2) is 0 Å². The van der Waals surface area contributed by atoms with Gasteiger partial charge in [0.2, 0.25) is 0 Å². The van der Waals surface area contributed by atoms with Crippen LogP contribution in [0.2, 0.25) is 0 Å².